The van der Waals surface area contributed by atoms with E-state index in [-0.39, 0.29) is 83.7 Å². The van der Waals surface area contributed by atoms with Crippen molar-refractivity contribution < 1.29 is 79.9 Å². The van der Waals surface area contributed by atoms with Gasteiger partial charge in [-0.1, -0.05) is 133 Å². The van der Waals surface area contributed by atoms with E-state index in [1.807, 2.05) is 74.5 Å². The van der Waals surface area contributed by atoms with Crippen molar-refractivity contribution in [2.45, 2.75) is 114 Å². The minimum Gasteiger partial charge on any atom is -1.00 e. The smallest absolute Gasteiger partial charge is 1.00 e. The van der Waals surface area contributed by atoms with Crippen LogP contribution in [0.2, 0.25) is 0 Å². The van der Waals surface area contributed by atoms with Gasteiger partial charge in [0, 0.05) is 73.3 Å². The molecule has 4 heterocycles. The number of nitrogens with two attached hydrogens (primary N) is 1. The molecule has 3 aromatic rings. The summed E-state index contributed by atoms with van der Waals surface area (Å²) in [5, 5.41) is 27.0. The van der Waals surface area contributed by atoms with Gasteiger partial charge in [0.05, 0.1) is 23.8 Å². The number of rotatable bonds is 8. The maximum Gasteiger partial charge on any atom is 1.00 e. The van der Waals surface area contributed by atoms with Crippen molar-refractivity contribution in [1.82, 2.24) is 15.1 Å². The molecule has 0 bridgehead atoms. The number of carboxylic acid groups (broad SMARTS) is 2. The average Bonchev–Trinajstić information content (AvgIpc) is 4.05. The molecule has 0 aliphatic carbocycles. The summed E-state index contributed by atoms with van der Waals surface area (Å²) in [6.45, 7) is 24.8. The Morgan fingerprint density at radius 1 is 0.773 bits per heavy atom. The summed E-state index contributed by atoms with van der Waals surface area (Å²) in [5.41, 5.74) is 8.37. The van der Waals surface area contributed by atoms with Crippen LogP contribution in [0, 0.1) is 29.1 Å². The van der Waals surface area contributed by atoms with Crippen LogP contribution in [0.3, 0.4) is 0 Å². The standard InChI is InChI=1S/C13H15NO2.C13H19N.C7H9N.C6H13N.C6H10O4.C4H8O.CH4O.CH3.Al.Li.Pd.4H/c1-13(2)8-11(15)14(12(13)16)9-10-6-4-3-5-7-10;1-13(2)8-9-14(11-13)10-12-6-4-3-5-7-12;8-6-7-4-2-1-3-5-7;1-6(2)3-4-7-5-6;1-6(2,5(9)10)3-4(7)8;1-2-4-5-3-1;1-2;;;;;;;;/h3-7H,8-9H2,1-2H3;3-7H,8-11H2,1-2H3;1-5H,6,8H2;7H,3-5H2,1-2H3;3H2,1-2H3,(H,7,8)(H,9,10);1-4H2;2H,1H3;1H3;;;;;;;/q;;;;;;;-1;;+1;;;;;-1. The Balaban J connectivity index is -0.000000232. The van der Waals surface area contributed by atoms with Crippen LogP contribution in [-0.4, -0.2) is 113 Å². The summed E-state index contributed by atoms with van der Waals surface area (Å²) in [5.74, 6) is -2.32. The number of imide groups is 1. The van der Waals surface area contributed by atoms with Crippen LogP contribution in [0.4, 0.5) is 0 Å². The largest absolute Gasteiger partial charge is 1.00 e. The molecule has 0 unspecified atom stereocenters. The molecule has 3 aromatic carbocycles. The van der Waals surface area contributed by atoms with Gasteiger partial charge >= 0.3 is 30.8 Å². The maximum absolute atomic E-state index is 11.9. The fourth-order valence-electron chi connectivity index (χ4n) is 6.67. The van der Waals surface area contributed by atoms with Crippen molar-refractivity contribution in [3.05, 3.63) is 115 Å². The van der Waals surface area contributed by atoms with Gasteiger partial charge in [0.1, 0.15) is 0 Å². The maximum atomic E-state index is 11.9. The molecule has 7 rings (SSSR count). The zero-order chi connectivity index (χ0) is 46.8. The first-order chi connectivity index (χ1) is 29.2. The molecule has 4 fully saturated rings. The number of carbonyl (C=O) groups excluding carboxylic acids is 2. The van der Waals surface area contributed by atoms with Crippen LogP contribution in [0.5, 0.6) is 0 Å². The van der Waals surface area contributed by atoms with E-state index in [4.69, 9.17) is 25.8 Å². The van der Waals surface area contributed by atoms with Gasteiger partial charge in [-0.3, -0.25) is 29.0 Å². The summed E-state index contributed by atoms with van der Waals surface area (Å²) in [6, 6.07) is 30.3. The molecule has 0 atom stereocenters. The summed E-state index contributed by atoms with van der Waals surface area (Å²) < 4.78 is 4.94. The third kappa shape index (κ3) is 30.0. The van der Waals surface area contributed by atoms with E-state index in [9.17, 15) is 19.2 Å². The van der Waals surface area contributed by atoms with E-state index >= 15 is 0 Å². The number of aliphatic hydroxyl groups is 1. The molecule has 4 aliphatic rings. The second-order valence-electron chi connectivity index (χ2n) is 18.8. The van der Waals surface area contributed by atoms with E-state index < -0.39 is 22.8 Å². The number of nitrogens with zero attached hydrogens (tertiary/aromatic N) is 2. The number of carboxylic acids is 2. The second-order valence-corrected chi connectivity index (χ2v) is 18.8. The number of benzene rings is 3. The molecular formula is C51H85AlLiN4O8Pd-. The van der Waals surface area contributed by atoms with E-state index in [0.29, 0.717) is 30.3 Å². The monoisotopic (exact) mass is 1020 g/mol. The number of ether oxygens (including phenoxy) is 1. The molecule has 0 saturated carbocycles. The van der Waals surface area contributed by atoms with Crippen molar-refractivity contribution in [2.24, 2.45) is 27.4 Å². The Hall–Kier alpha value is -2.67. The minimum atomic E-state index is -1.16. The third-order valence-electron chi connectivity index (χ3n) is 10.6. The van der Waals surface area contributed by atoms with Crippen LogP contribution < -0.4 is 29.9 Å². The number of hydrogen-bond acceptors (Lipinski definition) is 9. The fourth-order valence-corrected chi connectivity index (χ4v) is 6.67. The molecule has 4 saturated heterocycles. The van der Waals surface area contributed by atoms with Gasteiger partial charge < -0.3 is 40.0 Å². The van der Waals surface area contributed by atoms with Gasteiger partial charge in [-0.05, 0) is 80.1 Å². The van der Waals surface area contributed by atoms with Crippen molar-refractivity contribution >= 4 is 41.1 Å². The van der Waals surface area contributed by atoms with E-state index in [2.05, 4.69) is 68.2 Å². The molecule has 6 N–H and O–H groups in total. The number of aliphatic carboxylic acids is 2. The fraction of sp³-hybridized carbons (Fsp3) is 0.549. The Bertz CT molecular complexity index is 1730. The molecule has 66 heavy (non-hydrogen) atoms. The van der Waals surface area contributed by atoms with Crippen molar-refractivity contribution in [2.75, 3.05) is 46.5 Å². The predicted molar refractivity (Wildman–Crippen MR) is 265 cm³/mol. The quantitative estimate of drug-likeness (QED) is 0.123. The molecule has 2 amide bonds. The Morgan fingerprint density at radius 2 is 1.23 bits per heavy atom. The summed E-state index contributed by atoms with van der Waals surface area (Å²) in [6.07, 6.45) is 5.20. The zero-order valence-electron chi connectivity index (χ0n) is 42.4. The Kier molecular flexibility index (Phi) is 38.5. The molecule has 0 radical (unpaired) electrons. The van der Waals surface area contributed by atoms with Crippen LogP contribution in [0.1, 0.15) is 112 Å². The number of aliphatic hydroxyl groups excluding tert-OH is 1. The van der Waals surface area contributed by atoms with Gasteiger partial charge in [0.2, 0.25) is 11.8 Å². The predicted octanol–water partition coefficient (Wildman–Crippen LogP) is 4.40. The first kappa shape index (κ1) is 69.9. The number of hydrogen-bond donors (Lipinski definition) is 5. The molecular weight excluding hydrogens is 937 g/mol. The van der Waals surface area contributed by atoms with Crippen LogP contribution in [0.15, 0.2) is 91.0 Å². The molecule has 0 spiro atoms. The number of amides is 2. The Labute approximate surface area is 436 Å². The third-order valence-corrected chi connectivity index (χ3v) is 10.6. The summed E-state index contributed by atoms with van der Waals surface area (Å²) >= 11 is 0. The zero-order valence-corrected chi connectivity index (χ0v) is 43.0. The first-order valence-corrected chi connectivity index (χ1v) is 21.7. The summed E-state index contributed by atoms with van der Waals surface area (Å²) in [4.78, 5) is 47.9. The average molecular weight is 1020 g/mol. The van der Waals surface area contributed by atoms with E-state index in [1.165, 1.54) is 81.7 Å². The van der Waals surface area contributed by atoms with Gasteiger partial charge in [-0.15, -0.1) is 0 Å². The number of carbonyl (C=O) groups is 4. The van der Waals surface area contributed by atoms with Crippen molar-refractivity contribution in [3.63, 3.8) is 0 Å². The first-order valence-electron chi connectivity index (χ1n) is 21.7. The topological polar surface area (TPSA) is 183 Å². The van der Waals surface area contributed by atoms with Crippen LogP contribution in [-0.2, 0) is 64.0 Å². The SMILES string of the molecule is C1CCOC1.CC(C)(CC(=O)O)C(=O)O.CC1(C)CC(=O)N(Cc2ccccc2)C1=O.CC1(C)CCN(Cc2ccccc2)C1.CC1(C)CCNC1.CO.NCc1ccccc1.[AlH3].[CH3-].[H-].[Li+].[Pd]. The van der Waals surface area contributed by atoms with Gasteiger partial charge in [-0.25, -0.2) is 0 Å². The van der Waals surface area contributed by atoms with Crippen LogP contribution in [0.25, 0.3) is 0 Å². The van der Waals surface area contributed by atoms with E-state index in [1.54, 1.807) is 0 Å². The van der Waals surface area contributed by atoms with Crippen molar-refractivity contribution in [1.29, 1.82) is 0 Å². The van der Waals surface area contributed by atoms with Gasteiger partial charge in [0.15, 0.2) is 17.4 Å². The molecule has 12 nitrogen and oxygen atoms in total. The second kappa shape index (κ2) is 36.3. The van der Waals surface area contributed by atoms with Gasteiger partial charge in [-0.2, -0.15) is 0 Å². The molecule has 15 heteroatoms. The minimum absolute atomic E-state index is 0. The van der Waals surface area contributed by atoms with E-state index in [0.717, 1.165) is 32.4 Å². The number of nitrogens with one attached hydrogen (secondary N) is 1. The van der Waals surface area contributed by atoms with Crippen LogP contribution >= 0.6 is 0 Å². The van der Waals surface area contributed by atoms with Gasteiger partial charge in [0.25, 0.3) is 0 Å². The normalized spacial score (nSPS) is 16.9. The number of likely N-dealkylation sites (tertiary alicyclic amines) is 2. The molecule has 372 valence electrons. The molecule has 0 aromatic heterocycles. The van der Waals surface area contributed by atoms with Crippen molar-refractivity contribution in [3.8, 4) is 0 Å². The summed E-state index contributed by atoms with van der Waals surface area (Å²) in [7, 11) is 1.00. The molecule has 4 aliphatic heterocycles. The Morgan fingerprint density at radius 3 is 1.48 bits per heavy atom.